The van der Waals surface area contributed by atoms with Crippen molar-refractivity contribution in [2.24, 2.45) is 5.92 Å². The number of aromatic nitrogens is 2. The van der Waals surface area contributed by atoms with Crippen molar-refractivity contribution < 1.29 is 9.59 Å². The van der Waals surface area contributed by atoms with E-state index in [-0.39, 0.29) is 23.8 Å². The van der Waals surface area contributed by atoms with Gasteiger partial charge in [-0.1, -0.05) is 38.1 Å². The minimum absolute atomic E-state index is 0.0733. The van der Waals surface area contributed by atoms with Crippen LogP contribution in [0.2, 0.25) is 0 Å². The van der Waals surface area contributed by atoms with Gasteiger partial charge in [0.15, 0.2) is 0 Å². The van der Waals surface area contributed by atoms with Gasteiger partial charge in [-0.25, -0.2) is 0 Å². The van der Waals surface area contributed by atoms with Crippen molar-refractivity contribution in [2.75, 3.05) is 6.54 Å². The smallest absolute Gasteiger partial charge is 0.243 e. The number of rotatable bonds is 7. The Morgan fingerprint density at radius 3 is 2.54 bits per heavy atom. The summed E-state index contributed by atoms with van der Waals surface area (Å²) in [6.45, 7) is 5.84. The molecule has 1 aliphatic heterocycles. The number of hydrogen-bond acceptors (Lipinski definition) is 3. The van der Waals surface area contributed by atoms with Gasteiger partial charge in [0.25, 0.3) is 0 Å². The first-order valence-electron chi connectivity index (χ1n) is 9.17. The number of benzene rings is 1. The first-order chi connectivity index (χ1) is 12.5. The van der Waals surface area contributed by atoms with E-state index in [9.17, 15) is 9.59 Å². The molecule has 2 heterocycles. The van der Waals surface area contributed by atoms with Gasteiger partial charge in [0.05, 0.1) is 6.54 Å². The first-order valence-corrected chi connectivity index (χ1v) is 9.17. The van der Waals surface area contributed by atoms with E-state index in [0.29, 0.717) is 19.5 Å². The first kappa shape index (κ1) is 18.2. The molecule has 3 rings (SSSR count). The maximum Gasteiger partial charge on any atom is 0.243 e. The van der Waals surface area contributed by atoms with Gasteiger partial charge in [-0.15, -0.1) is 0 Å². The largest absolute Gasteiger partial charge is 0.350 e. The van der Waals surface area contributed by atoms with Gasteiger partial charge in [0.2, 0.25) is 11.8 Å². The molecule has 1 fully saturated rings. The molecule has 138 valence electrons. The van der Waals surface area contributed by atoms with Crippen molar-refractivity contribution in [2.45, 2.75) is 45.8 Å². The lowest BCUT2D eigenvalue weighted by Crippen LogP contribution is -2.50. The summed E-state index contributed by atoms with van der Waals surface area (Å²) in [6, 6.07) is 9.65. The number of nitrogens with one attached hydrogen (secondary N) is 1. The molecule has 1 N–H and O–H groups in total. The zero-order chi connectivity index (χ0) is 18.5. The summed E-state index contributed by atoms with van der Waals surface area (Å²) in [6.07, 6.45) is 5.08. The van der Waals surface area contributed by atoms with Crippen molar-refractivity contribution in [3.63, 3.8) is 0 Å². The molecule has 6 nitrogen and oxygen atoms in total. The van der Waals surface area contributed by atoms with E-state index in [1.165, 1.54) is 0 Å². The molecule has 1 saturated heterocycles. The Bertz CT molecular complexity index is 738. The Labute approximate surface area is 154 Å². The highest BCUT2D eigenvalue weighted by molar-refractivity contribution is 5.88. The maximum absolute atomic E-state index is 12.7. The van der Waals surface area contributed by atoms with E-state index < -0.39 is 0 Å². The van der Waals surface area contributed by atoms with E-state index in [4.69, 9.17) is 0 Å². The Kier molecular flexibility index (Phi) is 5.71. The highest BCUT2D eigenvalue weighted by Gasteiger charge is 2.34. The Hall–Kier alpha value is -2.63. The third kappa shape index (κ3) is 4.31. The zero-order valence-electron chi connectivity index (χ0n) is 15.4. The fourth-order valence-corrected chi connectivity index (χ4v) is 3.40. The fourth-order valence-electron chi connectivity index (χ4n) is 3.40. The van der Waals surface area contributed by atoms with E-state index >= 15 is 0 Å². The van der Waals surface area contributed by atoms with Crippen LogP contribution in [0.5, 0.6) is 0 Å². The second-order valence-electron chi connectivity index (χ2n) is 7.12. The van der Waals surface area contributed by atoms with E-state index in [2.05, 4.69) is 10.4 Å². The molecular formula is C20H26N4O2. The summed E-state index contributed by atoms with van der Waals surface area (Å²) in [4.78, 5) is 26.4. The zero-order valence-corrected chi connectivity index (χ0v) is 15.4. The molecule has 0 spiro atoms. The summed E-state index contributed by atoms with van der Waals surface area (Å²) in [5.41, 5.74) is 2.20. The summed E-state index contributed by atoms with van der Waals surface area (Å²) >= 11 is 0. The van der Waals surface area contributed by atoms with Gasteiger partial charge >= 0.3 is 0 Å². The predicted molar refractivity (Wildman–Crippen MR) is 99.2 cm³/mol. The molecule has 1 atom stereocenters. The van der Waals surface area contributed by atoms with Crippen LogP contribution < -0.4 is 5.32 Å². The average molecular weight is 354 g/mol. The monoisotopic (exact) mass is 354 g/mol. The second kappa shape index (κ2) is 8.17. The number of likely N-dealkylation sites (tertiary alicyclic amines) is 1. The lowest BCUT2D eigenvalue weighted by molar-refractivity contribution is -0.139. The number of carbonyl (C=O) groups excluding carboxylic acids is 2. The molecule has 26 heavy (non-hydrogen) atoms. The quantitative estimate of drug-likeness (QED) is 0.829. The third-order valence-electron chi connectivity index (χ3n) is 4.74. The van der Waals surface area contributed by atoms with Gasteiger partial charge in [0, 0.05) is 31.9 Å². The van der Waals surface area contributed by atoms with Crippen LogP contribution in [0.15, 0.2) is 42.7 Å². The van der Waals surface area contributed by atoms with Gasteiger partial charge in [-0.3, -0.25) is 14.3 Å². The van der Waals surface area contributed by atoms with Crippen molar-refractivity contribution in [1.29, 1.82) is 0 Å². The molecule has 1 aromatic carbocycles. The minimum Gasteiger partial charge on any atom is -0.350 e. The van der Waals surface area contributed by atoms with Crippen molar-refractivity contribution in [3.8, 4) is 0 Å². The molecular weight excluding hydrogens is 328 g/mol. The summed E-state index contributed by atoms with van der Waals surface area (Å²) in [5.74, 6) is 0.103. The van der Waals surface area contributed by atoms with E-state index in [0.717, 1.165) is 24.1 Å². The van der Waals surface area contributed by atoms with Crippen molar-refractivity contribution in [1.82, 2.24) is 20.0 Å². The molecule has 6 heteroatoms. The number of carbonyl (C=O) groups is 2. The second-order valence-corrected chi connectivity index (χ2v) is 7.12. The molecule has 1 aliphatic rings. The molecule has 2 amide bonds. The van der Waals surface area contributed by atoms with Crippen LogP contribution >= 0.6 is 0 Å². The average Bonchev–Trinajstić information content (AvgIpc) is 3.27. The normalized spacial score (nSPS) is 15.5. The van der Waals surface area contributed by atoms with Crippen molar-refractivity contribution >= 4 is 11.8 Å². The molecule has 0 bridgehead atoms. The van der Waals surface area contributed by atoms with Crippen LogP contribution in [0.3, 0.4) is 0 Å². The Balaban J connectivity index is 1.56. The van der Waals surface area contributed by atoms with E-state index in [1.54, 1.807) is 11.1 Å². The standard InChI is InChI=1S/C20H26N4O2/c1-15(2)19(24-12-3-5-18(24)25)20(26)21-13-16-6-8-17(9-7-16)14-23-11-4-10-22-23/h4,6-11,15,19H,3,5,12-14H2,1-2H3,(H,21,26)/t19-/m1/s1. The van der Waals surface area contributed by atoms with E-state index in [1.807, 2.05) is 55.1 Å². The third-order valence-corrected chi connectivity index (χ3v) is 4.74. The van der Waals surface area contributed by atoms with Crippen LogP contribution in [-0.2, 0) is 22.7 Å². The maximum atomic E-state index is 12.7. The van der Waals surface area contributed by atoms with Gasteiger partial charge in [-0.2, -0.15) is 5.10 Å². The minimum atomic E-state index is -0.385. The predicted octanol–water partition coefficient (Wildman–Crippen LogP) is 2.19. The lowest BCUT2D eigenvalue weighted by atomic mass is 10.0. The highest BCUT2D eigenvalue weighted by atomic mass is 16.2. The van der Waals surface area contributed by atoms with Crippen LogP contribution in [0.25, 0.3) is 0 Å². The van der Waals surface area contributed by atoms with Crippen LogP contribution in [0, 0.1) is 5.92 Å². The molecule has 1 aromatic heterocycles. The van der Waals surface area contributed by atoms with Gasteiger partial charge in [0.1, 0.15) is 6.04 Å². The molecule has 2 aromatic rings. The molecule has 0 unspecified atom stereocenters. The Morgan fingerprint density at radius 2 is 1.96 bits per heavy atom. The van der Waals surface area contributed by atoms with Gasteiger partial charge in [-0.05, 0) is 29.5 Å². The van der Waals surface area contributed by atoms with Gasteiger partial charge < -0.3 is 10.2 Å². The lowest BCUT2D eigenvalue weighted by Gasteiger charge is -2.29. The summed E-state index contributed by atoms with van der Waals surface area (Å²) in [5, 5.41) is 7.19. The highest BCUT2D eigenvalue weighted by Crippen LogP contribution is 2.19. The molecule has 0 saturated carbocycles. The summed E-state index contributed by atoms with van der Waals surface area (Å²) in [7, 11) is 0. The topological polar surface area (TPSA) is 67.2 Å². The van der Waals surface area contributed by atoms with Crippen molar-refractivity contribution in [3.05, 3.63) is 53.9 Å². The summed E-state index contributed by atoms with van der Waals surface area (Å²) < 4.78 is 1.87. The Morgan fingerprint density at radius 1 is 1.23 bits per heavy atom. The number of nitrogens with zero attached hydrogens (tertiary/aromatic N) is 3. The number of hydrogen-bond donors (Lipinski definition) is 1. The molecule has 0 radical (unpaired) electrons. The molecule has 0 aliphatic carbocycles. The fraction of sp³-hybridized carbons (Fsp3) is 0.450. The van der Waals surface area contributed by atoms with Crippen LogP contribution in [0.4, 0.5) is 0 Å². The van der Waals surface area contributed by atoms with Crippen LogP contribution in [0.1, 0.15) is 37.8 Å². The SMILES string of the molecule is CC(C)[C@H](C(=O)NCc1ccc(Cn2cccn2)cc1)N1CCCC1=O. The van der Waals surface area contributed by atoms with Crippen LogP contribution in [-0.4, -0.2) is 39.1 Å². The number of amides is 2.